The summed E-state index contributed by atoms with van der Waals surface area (Å²) in [5, 5.41) is 12.2. The van der Waals surface area contributed by atoms with Crippen molar-refractivity contribution in [2.75, 3.05) is 13.2 Å². The molecule has 1 aliphatic rings. The van der Waals surface area contributed by atoms with Crippen molar-refractivity contribution >= 4 is 11.9 Å². The number of carbonyl (C=O) groups excluding carboxylic acids is 1. The Balaban J connectivity index is 1.74. The summed E-state index contributed by atoms with van der Waals surface area (Å²) in [6, 6.07) is 7.34. The first-order valence-electron chi connectivity index (χ1n) is 9.63. The minimum absolute atomic E-state index is 0.119. The molecule has 7 nitrogen and oxygen atoms in total. The van der Waals surface area contributed by atoms with Crippen molar-refractivity contribution in [2.24, 2.45) is 0 Å². The molecule has 1 fully saturated rings. The number of pyridine rings is 1. The number of aliphatic carboxylic acids is 1. The molecule has 2 N–H and O–H groups in total. The minimum atomic E-state index is -0.932. The average Bonchev–Trinajstić information content (AvgIpc) is 2.68. The number of aromatic nitrogens is 1. The molecule has 1 aliphatic heterocycles. The second kappa shape index (κ2) is 9.05. The summed E-state index contributed by atoms with van der Waals surface area (Å²) in [5.74, 6) is -0.478. The number of nitrogens with one attached hydrogen (secondary N) is 1. The van der Waals surface area contributed by atoms with Gasteiger partial charge < -0.3 is 19.9 Å². The Morgan fingerprint density at radius 3 is 2.52 bits per heavy atom. The third-order valence-electron chi connectivity index (χ3n) is 5.15. The van der Waals surface area contributed by atoms with Crippen molar-refractivity contribution in [1.82, 2.24) is 10.3 Å². The zero-order chi connectivity index (χ0) is 20.9. The molecule has 0 spiro atoms. The van der Waals surface area contributed by atoms with Crippen molar-refractivity contribution in [3.63, 3.8) is 0 Å². The summed E-state index contributed by atoms with van der Waals surface area (Å²) in [6.45, 7) is 5.05. The fourth-order valence-corrected chi connectivity index (χ4v) is 3.66. The van der Waals surface area contributed by atoms with Crippen molar-refractivity contribution in [2.45, 2.75) is 45.3 Å². The van der Waals surface area contributed by atoms with Crippen LogP contribution in [-0.4, -0.2) is 40.7 Å². The van der Waals surface area contributed by atoms with Gasteiger partial charge in [-0.05, 0) is 56.0 Å². The maximum atomic E-state index is 12.9. The Bertz CT molecular complexity index is 853. The van der Waals surface area contributed by atoms with Crippen LogP contribution in [0.15, 0.2) is 36.7 Å². The average molecular weight is 398 g/mol. The summed E-state index contributed by atoms with van der Waals surface area (Å²) in [5.41, 5.74) is 2.36. The highest BCUT2D eigenvalue weighted by molar-refractivity contribution is 5.95. The van der Waals surface area contributed by atoms with E-state index in [4.69, 9.17) is 9.47 Å². The highest BCUT2D eigenvalue weighted by Crippen LogP contribution is 2.28. The van der Waals surface area contributed by atoms with Crippen LogP contribution in [-0.2, 0) is 16.1 Å². The first kappa shape index (κ1) is 20.8. The number of aryl methyl sites for hydroxylation is 2. The summed E-state index contributed by atoms with van der Waals surface area (Å²) >= 11 is 0. The third-order valence-corrected chi connectivity index (χ3v) is 5.15. The van der Waals surface area contributed by atoms with E-state index in [0.717, 1.165) is 22.4 Å². The Hall–Kier alpha value is -2.93. The third kappa shape index (κ3) is 5.32. The molecule has 3 rings (SSSR count). The molecule has 2 heterocycles. The standard InChI is InChI=1S/C22H26N2O5/c1-15-10-18(11-16(2)20(15)29-14-17-4-3-7-23-13-17)21(27)24-22(12-19(25)26)5-8-28-9-6-22/h3-4,7,10-11,13H,5-6,8-9,12,14H2,1-2H3,(H,24,27)(H,25,26). The van der Waals surface area contributed by atoms with E-state index in [1.165, 1.54) is 0 Å². The largest absolute Gasteiger partial charge is 0.488 e. The highest BCUT2D eigenvalue weighted by Gasteiger charge is 2.36. The zero-order valence-corrected chi connectivity index (χ0v) is 16.7. The van der Waals surface area contributed by atoms with Gasteiger partial charge in [0, 0.05) is 36.7 Å². The number of benzene rings is 1. The molecular formula is C22H26N2O5. The molecular weight excluding hydrogens is 372 g/mol. The van der Waals surface area contributed by atoms with Crippen LogP contribution in [0.3, 0.4) is 0 Å². The lowest BCUT2D eigenvalue weighted by Gasteiger charge is -2.37. The van der Waals surface area contributed by atoms with E-state index in [9.17, 15) is 14.7 Å². The van der Waals surface area contributed by atoms with E-state index >= 15 is 0 Å². The van der Waals surface area contributed by atoms with Crippen LogP contribution in [0.25, 0.3) is 0 Å². The van der Waals surface area contributed by atoms with Gasteiger partial charge in [0.05, 0.1) is 12.0 Å². The van der Waals surface area contributed by atoms with Crippen molar-refractivity contribution < 1.29 is 24.2 Å². The molecule has 1 saturated heterocycles. The number of carboxylic acid groups (broad SMARTS) is 1. The van der Waals surface area contributed by atoms with Crippen LogP contribution >= 0.6 is 0 Å². The number of rotatable bonds is 7. The predicted octanol–water partition coefficient (Wildman–Crippen LogP) is 3.03. The van der Waals surface area contributed by atoms with E-state index in [1.54, 1.807) is 24.5 Å². The quantitative estimate of drug-likeness (QED) is 0.744. The lowest BCUT2D eigenvalue weighted by atomic mass is 9.86. The lowest BCUT2D eigenvalue weighted by Crippen LogP contribution is -2.53. The normalized spacial score (nSPS) is 15.5. The molecule has 0 aliphatic carbocycles. The number of hydrogen-bond acceptors (Lipinski definition) is 5. The molecule has 0 radical (unpaired) electrons. The SMILES string of the molecule is Cc1cc(C(=O)NC2(CC(=O)O)CCOCC2)cc(C)c1OCc1cccnc1. The van der Waals surface area contributed by atoms with Crippen LogP contribution in [0.2, 0.25) is 0 Å². The van der Waals surface area contributed by atoms with E-state index in [-0.39, 0.29) is 12.3 Å². The van der Waals surface area contributed by atoms with Crippen molar-refractivity contribution in [3.8, 4) is 5.75 Å². The molecule has 0 unspecified atom stereocenters. The first-order chi connectivity index (χ1) is 13.9. The second-order valence-corrected chi connectivity index (χ2v) is 7.51. The molecule has 154 valence electrons. The van der Waals surface area contributed by atoms with Crippen LogP contribution in [0.1, 0.15) is 46.3 Å². The fraction of sp³-hybridized carbons (Fsp3) is 0.409. The number of carboxylic acids is 1. The van der Waals surface area contributed by atoms with Gasteiger partial charge in [0.25, 0.3) is 5.91 Å². The van der Waals surface area contributed by atoms with Crippen LogP contribution in [0.5, 0.6) is 5.75 Å². The smallest absolute Gasteiger partial charge is 0.305 e. The van der Waals surface area contributed by atoms with Gasteiger partial charge in [-0.1, -0.05) is 6.07 Å². The van der Waals surface area contributed by atoms with E-state index in [2.05, 4.69) is 10.3 Å². The monoisotopic (exact) mass is 398 g/mol. The van der Waals surface area contributed by atoms with Crippen molar-refractivity contribution in [1.29, 1.82) is 0 Å². The van der Waals surface area contributed by atoms with Gasteiger partial charge in [-0.25, -0.2) is 0 Å². The minimum Gasteiger partial charge on any atom is -0.488 e. The lowest BCUT2D eigenvalue weighted by molar-refractivity contribution is -0.139. The van der Waals surface area contributed by atoms with Gasteiger partial charge in [0.1, 0.15) is 12.4 Å². The Morgan fingerprint density at radius 1 is 1.24 bits per heavy atom. The van der Waals surface area contributed by atoms with Crippen LogP contribution in [0, 0.1) is 13.8 Å². The molecule has 0 saturated carbocycles. The maximum absolute atomic E-state index is 12.9. The molecule has 7 heteroatoms. The number of amides is 1. The van der Waals surface area contributed by atoms with Gasteiger partial charge >= 0.3 is 5.97 Å². The molecule has 1 aromatic heterocycles. The predicted molar refractivity (Wildman–Crippen MR) is 107 cm³/mol. The maximum Gasteiger partial charge on any atom is 0.305 e. The number of nitrogens with zero attached hydrogens (tertiary/aromatic N) is 1. The van der Waals surface area contributed by atoms with Crippen LogP contribution < -0.4 is 10.1 Å². The van der Waals surface area contributed by atoms with Crippen molar-refractivity contribution in [3.05, 3.63) is 58.9 Å². The molecule has 1 amide bonds. The van der Waals surface area contributed by atoms with Gasteiger partial charge in [-0.2, -0.15) is 0 Å². The Labute approximate surface area is 170 Å². The van der Waals surface area contributed by atoms with Gasteiger partial charge in [-0.3, -0.25) is 14.6 Å². The summed E-state index contributed by atoms with van der Waals surface area (Å²) < 4.78 is 11.3. The molecule has 0 bridgehead atoms. The summed E-state index contributed by atoms with van der Waals surface area (Å²) in [4.78, 5) is 28.3. The van der Waals surface area contributed by atoms with E-state index in [0.29, 0.717) is 38.2 Å². The van der Waals surface area contributed by atoms with Gasteiger partial charge in [-0.15, -0.1) is 0 Å². The summed E-state index contributed by atoms with van der Waals surface area (Å²) in [6.07, 6.45) is 4.31. The number of carbonyl (C=O) groups is 2. The van der Waals surface area contributed by atoms with E-state index < -0.39 is 11.5 Å². The Kier molecular flexibility index (Phi) is 6.49. The fourth-order valence-electron chi connectivity index (χ4n) is 3.66. The zero-order valence-electron chi connectivity index (χ0n) is 16.7. The first-order valence-corrected chi connectivity index (χ1v) is 9.63. The molecule has 0 atom stereocenters. The summed E-state index contributed by atoms with van der Waals surface area (Å²) in [7, 11) is 0. The molecule has 2 aromatic rings. The number of ether oxygens (including phenoxy) is 2. The van der Waals surface area contributed by atoms with Gasteiger partial charge in [0.2, 0.25) is 0 Å². The molecule has 1 aromatic carbocycles. The molecule has 29 heavy (non-hydrogen) atoms. The van der Waals surface area contributed by atoms with Gasteiger partial charge in [0.15, 0.2) is 0 Å². The Morgan fingerprint density at radius 2 is 1.93 bits per heavy atom. The number of hydrogen-bond donors (Lipinski definition) is 2. The highest BCUT2D eigenvalue weighted by atomic mass is 16.5. The van der Waals surface area contributed by atoms with E-state index in [1.807, 2.05) is 26.0 Å². The topological polar surface area (TPSA) is 97.8 Å². The van der Waals surface area contributed by atoms with Crippen LogP contribution in [0.4, 0.5) is 0 Å². The second-order valence-electron chi connectivity index (χ2n) is 7.51.